The molecule has 0 bridgehead atoms. The molecule has 1 aliphatic carbocycles. The molecular formula is C23H29NO3. The van der Waals surface area contributed by atoms with Crippen LogP contribution in [0.15, 0.2) is 60.7 Å². The van der Waals surface area contributed by atoms with Crippen LogP contribution in [0, 0.1) is 5.92 Å². The van der Waals surface area contributed by atoms with Gasteiger partial charge in [-0.3, -0.25) is 0 Å². The van der Waals surface area contributed by atoms with E-state index in [0.29, 0.717) is 25.7 Å². The summed E-state index contributed by atoms with van der Waals surface area (Å²) in [4.78, 5) is 13.5. The van der Waals surface area contributed by atoms with E-state index in [1.165, 1.54) is 5.56 Å². The molecule has 2 aromatic carbocycles. The van der Waals surface area contributed by atoms with Gasteiger partial charge < -0.3 is 14.7 Å². The number of hydrogen-bond donors (Lipinski definition) is 1. The molecule has 2 atom stereocenters. The smallest absolute Gasteiger partial charge is 0.407 e. The molecule has 1 aliphatic rings. The third-order valence-corrected chi connectivity index (χ3v) is 5.49. The van der Waals surface area contributed by atoms with Gasteiger partial charge in [-0.25, -0.2) is 4.79 Å². The zero-order valence-corrected chi connectivity index (χ0v) is 16.4. The van der Waals surface area contributed by atoms with Crippen LogP contribution in [-0.2, 0) is 16.8 Å². The van der Waals surface area contributed by atoms with Crippen molar-refractivity contribution in [3.05, 3.63) is 71.8 Å². The molecule has 0 aliphatic heterocycles. The highest BCUT2D eigenvalue weighted by Gasteiger charge is 2.57. The maximum Gasteiger partial charge on any atom is 0.407 e. The molecule has 3 rings (SSSR count). The summed E-state index contributed by atoms with van der Waals surface area (Å²) in [6.45, 7) is 7.57. The lowest BCUT2D eigenvalue weighted by atomic mass is 9.91. The molecule has 2 aromatic rings. The standard InChI is InChI=1S/C23H29NO3/c1-22(2,3)24(21(25)26)17-23(19-12-8-5-9-13-19)14-20(23)16-27-15-18-10-6-4-7-11-18/h4-13,20H,14-17H2,1-3H3,(H,25,26). The lowest BCUT2D eigenvalue weighted by molar-refractivity contribution is 0.0809. The molecular weight excluding hydrogens is 338 g/mol. The van der Waals surface area contributed by atoms with Crippen LogP contribution in [0.25, 0.3) is 0 Å². The van der Waals surface area contributed by atoms with Crippen LogP contribution in [-0.4, -0.2) is 34.8 Å². The van der Waals surface area contributed by atoms with Crippen LogP contribution in [0.2, 0.25) is 0 Å². The van der Waals surface area contributed by atoms with Gasteiger partial charge in [-0.2, -0.15) is 0 Å². The molecule has 144 valence electrons. The van der Waals surface area contributed by atoms with E-state index in [0.717, 1.165) is 12.0 Å². The second kappa shape index (κ2) is 7.73. The average molecular weight is 367 g/mol. The molecule has 0 spiro atoms. The summed E-state index contributed by atoms with van der Waals surface area (Å²) in [5.74, 6) is 0.327. The van der Waals surface area contributed by atoms with Crippen molar-refractivity contribution >= 4 is 6.09 Å². The summed E-state index contributed by atoms with van der Waals surface area (Å²) in [5.41, 5.74) is 1.76. The summed E-state index contributed by atoms with van der Waals surface area (Å²) in [7, 11) is 0. The average Bonchev–Trinajstić information content (AvgIpc) is 3.34. The number of ether oxygens (including phenoxy) is 1. The van der Waals surface area contributed by atoms with E-state index in [1.807, 2.05) is 57.2 Å². The van der Waals surface area contributed by atoms with E-state index in [4.69, 9.17) is 4.74 Å². The fraction of sp³-hybridized carbons (Fsp3) is 0.435. The van der Waals surface area contributed by atoms with Crippen LogP contribution < -0.4 is 0 Å². The van der Waals surface area contributed by atoms with E-state index < -0.39 is 11.6 Å². The van der Waals surface area contributed by atoms with E-state index in [-0.39, 0.29) is 5.41 Å². The molecule has 1 fully saturated rings. The first-order valence-electron chi connectivity index (χ1n) is 9.51. The minimum absolute atomic E-state index is 0.163. The number of benzene rings is 2. The molecule has 1 amide bonds. The lowest BCUT2D eigenvalue weighted by Crippen LogP contribution is -2.49. The summed E-state index contributed by atoms with van der Waals surface area (Å²) in [6, 6.07) is 20.4. The van der Waals surface area contributed by atoms with Crippen molar-refractivity contribution in [3.8, 4) is 0 Å². The van der Waals surface area contributed by atoms with Gasteiger partial charge >= 0.3 is 6.09 Å². The van der Waals surface area contributed by atoms with Gasteiger partial charge in [-0.05, 0) is 44.2 Å². The largest absolute Gasteiger partial charge is 0.465 e. The first-order chi connectivity index (χ1) is 12.8. The maximum atomic E-state index is 11.9. The Hall–Kier alpha value is -2.33. The van der Waals surface area contributed by atoms with Gasteiger partial charge in [-0.1, -0.05) is 60.7 Å². The SMILES string of the molecule is CC(C)(C)N(CC1(c2ccccc2)CC1COCc1ccccc1)C(=O)O. The topological polar surface area (TPSA) is 49.8 Å². The summed E-state index contributed by atoms with van der Waals surface area (Å²) in [5, 5.41) is 9.75. The monoisotopic (exact) mass is 367 g/mol. The van der Waals surface area contributed by atoms with E-state index >= 15 is 0 Å². The molecule has 2 unspecified atom stereocenters. The Morgan fingerprint density at radius 2 is 1.70 bits per heavy atom. The normalized spacial score (nSPS) is 21.7. The Morgan fingerprint density at radius 3 is 2.26 bits per heavy atom. The minimum atomic E-state index is -0.867. The fourth-order valence-electron chi connectivity index (χ4n) is 3.77. The van der Waals surface area contributed by atoms with Crippen LogP contribution >= 0.6 is 0 Å². The van der Waals surface area contributed by atoms with Crippen molar-refractivity contribution in [3.63, 3.8) is 0 Å². The summed E-state index contributed by atoms with van der Waals surface area (Å²) in [6.07, 6.45) is 0.0831. The number of amides is 1. The first-order valence-corrected chi connectivity index (χ1v) is 9.51. The number of nitrogens with zero attached hydrogens (tertiary/aromatic N) is 1. The number of rotatable bonds is 7. The minimum Gasteiger partial charge on any atom is -0.465 e. The zero-order valence-electron chi connectivity index (χ0n) is 16.4. The van der Waals surface area contributed by atoms with Gasteiger partial charge in [0.25, 0.3) is 0 Å². The highest BCUT2D eigenvalue weighted by molar-refractivity contribution is 5.66. The highest BCUT2D eigenvalue weighted by atomic mass is 16.5. The Kier molecular flexibility index (Phi) is 5.56. The van der Waals surface area contributed by atoms with E-state index in [9.17, 15) is 9.90 Å². The Balaban J connectivity index is 1.72. The highest BCUT2D eigenvalue weighted by Crippen LogP contribution is 2.55. The van der Waals surface area contributed by atoms with Crippen molar-refractivity contribution in [2.24, 2.45) is 5.92 Å². The van der Waals surface area contributed by atoms with Crippen molar-refractivity contribution in [2.75, 3.05) is 13.2 Å². The third kappa shape index (κ3) is 4.51. The van der Waals surface area contributed by atoms with Crippen molar-refractivity contribution < 1.29 is 14.6 Å². The zero-order chi connectivity index (χ0) is 19.5. The van der Waals surface area contributed by atoms with Crippen molar-refractivity contribution in [2.45, 2.75) is 44.8 Å². The van der Waals surface area contributed by atoms with Crippen LogP contribution in [0.1, 0.15) is 38.3 Å². The van der Waals surface area contributed by atoms with Crippen molar-refractivity contribution in [1.29, 1.82) is 0 Å². The molecule has 0 radical (unpaired) electrons. The number of hydrogen-bond acceptors (Lipinski definition) is 2. The Bertz CT molecular complexity index is 754. The van der Waals surface area contributed by atoms with Gasteiger partial charge in [0.1, 0.15) is 0 Å². The molecule has 1 N–H and O–H groups in total. The van der Waals surface area contributed by atoms with Crippen LogP contribution in [0.5, 0.6) is 0 Å². The fourth-order valence-corrected chi connectivity index (χ4v) is 3.77. The predicted molar refractivity (Wildman–Crippen MR) is 107 cm³/mol. The molecule has 4 heteroatoms. The van der Waals surface area contributed by atoms with Gasteiger partial charge in [-0.15, -0.1) is 0 Å². The van der Waals surface area contributed by atoms with Gasteiger partial charge in [0.15, 0.2) is 0 Å². The van der Waals surface area contributed by atoms with Crippen LogP contribution in [0.4, 0.5) is 4.79 Å². The first kappa shape index (κ1) is 19.4. The maximum absolute atomic E-state index is 11.9. The third-order valence-electron chi connectivity index (χ3n) is 5.49. The molecule has 4 nitrogen and oxygen atoms in total. The Labute approximate surface area is 161 Å². The number of carboxylic acid groups (broad SMARTS) is 1. The lowest BCUT2D eigenvalue weighted by Gasteiger charge is -2.36. The molecule has 0 saturated heterocycles. The van der Waals surface area contributed by atoms with Crippen molar-refractivity contribution in [1.82, 2.24) is 4.90 Å². The second-order valence-corrected chi connectivity index (χ2v) is 8.46. The van der Waals surface area contributed by atoms with E-state index in [1.54, 1.807) is 4.90 Å². The molecule has 0 aromatic heterocycles. The van der Waals surface area contributed by atoms with Gasteiger partial charge in [0, 0.05) is 17.5 Å². The number of carbonyl (C=O) groups is 1. The quantitative estimate of drug-likeness (QED) is 0.754. The summed E-state index contributed by atoms with van der Waals surface area (Å²) < 4.78 is 5.98. The predicted octanol–water partition coefficient (Wildman–Crippen LogP) is 4.94. The summed E-state index contributed by atoms with van der Waals surface area (Å²) >= 11 is 0. The molecule has 0 heterocycles. The van der Waals surface area contributed by atoms with Crippen LogP contribution in [0.3, 0.4) is 0 Å². The molecule has 1 saturated carbocycles. The van der Waals surface area contributed by atoms with Gasteiger partial charge in [0.2, 0.25) is 0 Å². The second-order valence-electron chi connectivity index (χ2n) is 8.46. The van der Waals surface area contributed by atoms with Gasteiger partial charge in [0.05, 0.1) is 13.2 Å². The molecule has 27 heavy (non-hydrogen) atoms. The van der Waals surface area contributed by atoms with E-state index in [2.05, 4.69) is 24.3 Å². The Morgan fingerprint density at radius 1 is 1.11 bits per heavy atom.